The molecule has 0 aliphatic carbocycles. The van der Waals surface area contributed by atoms with E-state index < -0.39 is 53.6 Å². The fraction of sp³-hybridized carbons (Fsp3) is 0.190. The lowest BCUT2D eigenvalue weighted by Gasteiger charge is -2.17. The highest BCUT2D eigenvalue weighted by Gasteiger charge is 2.36. The second-order valence-electron chi connectivity index (χ2n) is 6.56. The molecule has 2 aromatic rings. The molecule has 0 aromatic heterocycles. The standard InChI is InChI=1S/C21H18F4N4O4/c1-29(16-8-3-2-7-15(16)22)28-19(17(31)9-10-30)20(32)26-11-13-5-4-6-14(18(13)23)21(24,25)12-27-33/h2-10,30H,11-12H2,1H3,(H,26,32)/b10-9?,28-19+. The molecule has 33 heavy (non-hydrogen) atoms. The van der Waals surface area contributed by atoms with Gasteiger partial charge in [0.1, 0.15) is 18.2 Å². The first-order valence-electron chi connectivity index (χ1n) is 9.27. The monoisotopic (exact) mass is 466 g/mol. The number of allylic oxidation sites excluding steroid dienone is 1. The molecule has 2 N–H and O–H groups in total. The highest BCUT2D eigenvalue weighted by Crippen LogP contribution is 2.31. The molecule has 12 heteroatoms. The Morgan fingerprint density at radius 2 is 1.85 bits per heavy atom. The topological polar surface area (TPSA) is 111 Å². The summed E-state index contributed by atoms with van der Waals surface area (Å²) in [6.07, 6.45) is 0.975. The summed E-state index contributed by atoms with van der Waals surface area (Å²) in [7, 11) is 1.26. The molecular formula is C21H18F4N4O4. The lowest BCUT2D eigenvalue weighted by Crippen LogP contribution is -2.37. The van der Waals surface area contributed by atoms with Crippen LogP contribution in [0.15, 0.2) is 65.1 Å². The van der Waals surface area contributed by atoms with Gasteiger partial charge in [-0.15, -0.1) is 0 Å². The number of anilines is 1. The number of rotatable bonds is 10. The summed E-state index contributed by atoms with van der Waals surface area (Å²) in [6, 6.07) is 8.35. The van der Waals surface area contributed by atoms with Gasteiger partial charge in [-0.3, -0.25) is 14.6 Å². The molecule has 0 aliphatic rings. The number of hydrogen-bond donors (Lipinski definition) is 2. The summed E-state index contributed by atoms with van der Waals surface area (Å²) in [4.78, 5) is 35.0. The van der Waals surface area contributed by atoms with E-state index in [1.807, 2.05) is 0 Å². The number of aliphatic hydroxyl groups excluding tert-OH is 1. The number of amides is 1. The summed E-state index contributed by atoms with van der Waals surface area (Å²) in [5, 5.41) is 17.8. The molecule has 2 aromatic carbocycles. The molecule has 0 atom stereocenters. The molecule has 0 saturated heterocycles. The zero-order valence-corrected chi connectivity index (χ0v) is 17.1. The van der Waals surface area contributed by atoms with E-state index >= 15 is 0 Å². The van der Waals surface area contributed by atoms with Crippen molar-refractivity contribution in [1.82, 2.24) is 5.32 Å². The number of halogens is 4. The van der Waals surface area contributed by atoms with Gasteiger partial charge in [0.25, 0.3) is 11.8 Å². The van der Waals surface area contributed by atoms with Gasteiger partial charge in [0.05, 0.1) is 17.5 Å². The van der Waals surface area contributed by atoms with Crippen LogP contribution < -0.4 is 10.3 Å². The van der Waals surface area contributed by atoms with Crippen molar-refractivity contribution in [3.63, 3.8) is 0 Å². The first-order valence-corrected chi connectivity index (χ1v) is 9.27. The Hall–Kier alpha value is -4.09. The van der Waals surface area contributed by atoms with Crippen molar-refractivity contribution >= 4 is 23.1 Å². The fourth-order valence-corrected chi connectivity index (χ4v) is 2.70. The molecule has 0 bridgehead atoms. The number of hydrogen-bond acceptors (Lipinski definition) is 7. The van der Waals surface area contributed by atoms with Gasteiger partial charge in [-0.2, -0.15) is 18.8 Å². The third-order valence-corrected chi connectivity index (χ3v) is 4.30. The Morgan fingerprint density at radius 3 is 2.48 bits per heavy atom. The molecule has 2 rings (SSSR count). The van der Waals surface area contributed by atoms with Gasteiger partial charge < -0.3 is 10.4 Å². The smallest absolute Gasteiger partial charge is 0.298 e. The third-order valence-electron chi connectivity index (χ3n) is 4.30. The number of nitrogens with zero attached hydrogens (tertiary/aromatic N) is 3. The number of nitroso groups, excluding NO2 is 1. The quantitative estimate of drug-likeness (QED) is 0.106. The number of carbonyl (C=O) groups is 2. The van der Waals surface area contributed by atoms with Crippen molar-refractivity contribution in [2.24, 2.45) is 10.3 Å². The SMILES string of the molecule is CN(/N=C(\C(=O)C=CO)C(=O)NCc1cccc(C(F)(F)CN=O)c1F)c1ccccc1F. The Balaban J connectivity index is 2.30. The molecule has 0 fully saturated rings. The summed E-state index contributed by atoms with van der Waals surface area (Å²) in [5.41, 5.74) is -2.31. The van der Waals surface area contributed by atoms with Gasteiger partial charge in [0.15, 0.2) is 5.71 Å². The predicted octanol–water partition coefficient (Wildman–Crippen LogP) is 3.57. The highest BCUT2D eigenvalue weighted by molar-refractivity contribution is 6.67. The number of hydrazone groups is 1. The van der Waals surface area contributed by atoms with Crippen LogP contribution in [0.25, 0.3) is 0 Å². The number of para-hydroxylation sites is 1. The largest absolute Gasteiger partial charge is 0.515 e. The van der Waals surface area contributed by atoms with E-state index in [0.29, 0.717) is 12.3 Å². The van der Waals surface area contributed by atoms with E-state index in [1.54, 1.807) is 0 Å². The zero-order valence-electron chi connectivity index (χ0n) is 17.1. The molecule has 0 spiro atoms. The van der Waals surface area contributed by atoms with Gasteiger partial charge in [-0.1, -0.05) is 29.4 Å². The highest BCUT2D eigenvalue weighted by atomic mass is 19.3. The minimum absolute atomic E-state index is 0.0756. The van der Waals surface area contributed by atoms with Crippen molar-refractivity contribution in [3.8, 4) is 0 Å². The van der Waals surface area contributed by atoms with Crippen LogP contribution in [0.1, 0.15) is 11.1 Å². The van der Waals surface area contributed by atoms with Crippen LogP contribution in [0, 0.1) is 16.5 Å². The van der Waals surface area contributed by atoms with Crippen LogP contribution in [0.4, 0.5) is 23.2 Å². The van der Waals surface area contributed by atoms with Crippen molar-refractivity contribution in [2.45, 2.75) is 12.5 Å². The maximum absolute atomic E-state index is 14.5. The summed E-state index contributed by atoms with van der Waals surface area (Å²) in [5.74, 6) is -8.13. The zero-order chi connectivity index (χ0) is 24.6. The van der Waals surface area contributed by atoms with Crippen LogP contribution in [0.5, 0.6) is 0 Å². The molecule has 174 valence electrons. The van der Waals surface area contributed by atoms with Crippen LogP contribution in [0.3, 0.4) is 0 Å². The molecule has 0 saturated carbocycles. The molecule has 1 amide bonds. The fourth-order valence-electron chi connectivity index (χ4n) is 2.70. The van der Waals surface area contributed by atoms with Crippen molar-refractivity contribution in [1.29, 1.82) is 0 Å². The lowest BCUT2D eigenvalue weighted by atomic mass is 10.0. The van der Waals surface area contributed by atoms with Gasteiger partial charge in [-0.05, 0) is 18.2 Å². The number of aliphatic hydroxyl groups is 1. The Morgan fingerprint density at radius 1 is 1.15 bits per heavy atom. The third kappa shape index (κ3) is 6.21. The first kappa shape index (κ1) is 25.2. The number of alkyl halides is 2. The van der Waals surface area contributed by atoms with Crippen LogP contribution in [-0.2, 0) is 22.1 Å². The molecular weight excluding hydrogens is 448 g/mol. The van der Waals surface area contributed by atoms with Crippen LogP contribution in [0.2, 0.25) is 0 Å². The van der Waals surface area contributed by atoms with Crippen LogP contribution in [-0.4, -0.2) is 36.1 Å². The Kier molecular flexibility index (Phi) is 8.37. The van der Waals surface area contributed by atoms with E-state index in [0.717, 1.165) is 29.3 Å². The average molecular weight is 466 g/mol. The van der Waals surface area contributed by atoms with E-state index in [4.69, 9.17) is 5.11 Å². The van der Waals surface area contributed by atoms with Gasteiger partial charge in [0.2, 0.25) is 5.78 Å². The van der Waals surface area contributed by atoms with Crippen molar-refractivity contribution in [2.75, 3.05) is 18.6 Å². The first-order chi connectivity index (χ1) is 15.6. The van der Waals surface area contributed by atoms with E-state index in [2.05, 4.69) is 15.6 Å². The minimum Gasteiger partial charge on any atom is -0.515 e. The summed E-state index contributed by atoms with van der Waals surface area (Å²) in [6.45, 7) is -2.09. The molecule has 8 nitrogen and oxygen atoms in total. The van der Waals surface area contributed by atoms with E-state index in [9.17, 15) is 32.1 Å². The molecule has 0 heterocycles. The second-order valence-corrected chi connectivity index (χ2v) is 6.56. The van der Waals surface area contributed by atoms with Crippen molar-refractivity contribution in [3.05, 3.63) is 82.5 Å². The molecule has 0 aliphatic heterocycles. The maximum Gasteiger partial charge on any atom is 0.298 e. The molecule has 0 unspecified atom stereocenters. The second kappa shape index (κ2) is 11.0. The van der Waals surface area contributed by atoms with Crippen LogP contribution >= 0.6 is 0 Å². The van der Waals surface area contributed by atoms with Gasteiger partial charge in [0, 0.05) is 25.2 Å². The number of ketones is 1. The summed E-state index contributed by atoms with van der Waals surface area (Å²) >= 11 is 0. The minimum atomic E-state index is -3.86. The number of carbonyl (C=O) groups excluding carboxylic acids is 2. The average Bonchev–Trinajstić information content (AvgIpc) is 2.76. The molecule has 0 radical (unpaired) electrons. The van der Waals surface area contributed by atoms with Gasteiger partial charge >= 0.3 is 0 Å². The number of nitrogens with one attached hydrogen (secondary N) is 1. The Labute approximate surface area is 185 Å². The van der Waals surface area contributed by atoms with E-state index in [-0.39, 0.29) is 11.3 Å². The maximum atomic E-state index is 14.5. The number of benzene rings is 2. The summed E-state index contributed by atoms with van der Waals surface area (Å²) < 4.78 is 56.3. The lowest BCUT2D eigenvalue weighted by molar-refractivity contribution is -0.116. The Bertz CT molecular complexity index is 1110. The predicted molar refractivity (Wildman–Crippen MR) is 112 cm³/mol. The normalized spacial score (nSPS) is 12.0. The van der Waals surface area contributed by atoms with Gasteiger partial charge in [-0.25, -0.2) is 8.78 Å². The van der Waals surface area contributed by atoms with Crippen molar-refractivity contribution < 1.29 is 32.3 Å². The van der Waals surface area contributed by atoms with E-state index in [1.165, 1.54) is 25.2 Å².